The van der Waals surface area contributed by atoms with Crippen LogP contribution in [0, 0.1) is 46.7 Å². The number of hydrogen-bond donors (Lipinski definition) is 1. The van der Waals surface area contributed by atoms with Crippen LogP contribution in [-0.4, -0.2) is 66.9 Å². The van der Waals surface area contributed by atoms with Crippen LogP contribution in [0.25, 0.3) is 89.2 Å². The lowest BCUT2D eigenvalue weighted by molar-refractivity contribution is 0.483. The van der Waals surface area contributed by atoms with Crippen LogP contribution in [0.4, 0.5) is 18.9 Å². The van der Waals surface area contributed by atoms with Crippen molar-refractivity contribution in [2.45, 2.75) is 4.90 Å². The largest absolute Gasteiger partial charge is 0.425 e. The van der Waals surface area contributed by atoms with Gasteiger partial charge in [-0.25, -0.2) is 33.0 Å². The second-order valence-corrected chi connectivity index (χ2v) is 17.1. The summed E-state index contributed by atoms with van der Waals surface area (Å²) in [5, 5.41) is 19.2. The van der Waals surface area contributed by atoms with Crippen LogP contribution in [0.15, 0.2) is 144 Å². The van der Waals surface area contributed by atoms with E-state index in [1.54, 1.807) is 50.1 Å². The van der Waals surface area contributed by atoms with Crippen LogP contribution in [-0.2, 0) is 31.3 Å². The van der Waals surface area contributed by atoms with Crippen LogP contribution in [0.3, 0.4) is 0 Å². The van der Waals surface area contributed by atoms with Gasteiger partial charge in [0.05, 0.1) is 22.6 Å². The van der Waals surface area contributed by atoms with Gasteiger partial charge in [0.2, 0.25) is 5.69 Å². The highest BCUT2D eigenvalue weighted by Gasteiger charge is 2.31. The Morgan fingerprint density at radius 1 is 0.514 bits per heavy atom. The maximum absolute atomic E-state index is 15.6. The molecule has 0 saturated heterocycles. The fraction of sp³-hybridized carbons (Fsp3) is 0. The van der Waals surface area contributed by atoms with Gasteiger partial charge in [-0.2, -0.15) is 18.9 Å². The second-order valence-electron chi connectivity index (χ2n) is 14.8. The third-order valence-electron chi connectivity index (χ3n) is 10.7. The van der Waals surface area contributed by atoms with Gasteiger partial charge in [0.15, 0.2) is 0 Å². The normalized spacial score (nSPS) is 10.9. The summed E-state index contributed by atoms with van der Waals surface area (Å²) < 4.78 is 137. The number of nitriles is 2. The molecule has 0 aliphatic carbocycles. The van der Waals surface area contributed by atoms with E-state index in [2.05, 4.69) is 4.85 Å². The second kappa shape index (κ2) is 19.8. The van der Waals surface area contributed by atoms with E-state index < -0.39 is 53.7 Å². The van der Waals surface area contributed by atoms with Crippen molar-refractivity contribution in [1.29, 1.82) is 10.5 Å². The zero-order valence-corrected chi connectivity index (χ0v) is 38.3. The minimum atomic E-state index is -4.64. The van der Waals surface area contributed by atoms with Crippen molar-refractivity contribution in [1.82, 2.24) is 28.7 Å². The van der Waals surface area contributed by atoms with Crippen LogP contribution >= 0.6 is 0 Å². The van der Waals surface area contributed by atoms with E-state index in [-0.39, 0.29) is 67.5 Å². The van der Waals surface area contributed by atoms with E-state index in [9.17, 15) is 23.5 Å². The lowest BCUT2D eigenvalue weighted by atomic mass is 10.1. The summed E-state index contributed by atoms with van der Waals surface area (Å²) in [7, 11) is -10.9. The van der Waals surface area contributed by atoms with Crippen molar-refractivity contribution < 1.29 is 51.4 Å². The van der Waals surface area contributed by atoms with Crippen molar-refractivity contribution >= 4 is 70.1 Å². The molecule has 10 rings (SSSR count). The van der Waals surface area contributed by atoms with Crippen molar-refractivity contribution in [3.05, 3.63) is 180 Å². The molecule has 24 heteroatoms. The van der Waals surface area contributed by atoms with E-state index in [0.29, 0.717) is 33.7 Å². The molecule has 1 N–H and O–H groups in total. The Kier molecular flexibility index (Phi) is 13.4. The van der Waals surface area contributed by atoms with Crippen LogP contribution < -0.4 is 0 Å². The fourth-order valence-electron chi connectivity index (χ4n) is 7.89. The van der Waals surface area contributed by atoms with Crippen molar-refractivity contribution in [2.24, 2.45) is 0 Å². The summed E-state index contributed by atoms with van der Waals surface area (Å²) in [6.45, 7) is 7.48. The van der Waals surface area contributed by atoms with Crippen LogP contribution in [0.5, 0.6) is 0 Å². The highest BCUT2D eigenvalue weighted by Crippen LogP contribution is 2.44. The number of aromatic nitrogens is 6. The number of rotatable bonds is 7. The number of nitrogens with zero attached hydrogens (tertiary/aromatic N) is 9. The minimum absolute atomic E-state index is 0.113. The molecular weight excluding hydrogens is 1000 g/mol. The molecular formula is C48H24F3N9O9S3. The maximum Gasteiger partial charge on any atom is 0.425 e. The van der Waals surface area contributed by atoms with Crippen LogP contribution in [0.2, 0.25) is 0 Å². The Labute approximate surface area is 406 Å². The Hall–Kier alpha value is -9.64. The highest BCUT2D eigenvalue weighted by molar-refractivity contribution is 7.85. The lowest BCUT2D eigenvalue weighted by Gasteiger charge is -2.13. The number of imidazole rings is 3. The maximum atomic E-state index is 15.6. The molecule has 72 heavy (non-hydrogen) atoms. The summed E-state index contributed by atoms with van der Waals surface area (Å²) in [6, 6.07) is 39.2. The van der Waals surface area contributed by atoms with Gasteiger partial charge in [0, 0.05) is 33.8 Å². The molecule has 3 heterocycles. The smallest absolute Gasteiger partial charge is 0.290 e. The molecule has 0 spiro atoms. The molecule has 18 nitrogen and oxygen atoms in total. The number of benzene rings is 7. The van der Waals surface area contributed by atoms with E-state index in [1.165, 1.54) is 60.7 Å². The van der Waals surface area contributed by atoms with Crippen molar-refractivity contribution in [2.75, 3.05) is 0 Å². The van der Waals surface area contributed by atoms with Gasteiger partial charge < -0.3 is 0 Å². The molecule has 0 fully saturated rings. The number of para-hydroxylation sites is 2. The Balaban J connectivity index is 0.000000809. The van der Waals surface area contributed by atoms with Gasteiger partial charge >= 0.3 is 21.2 Å². The molecule has 0 radical (unpaired) electrons. The summed E-state index contributed by atoms with van der Waals surface area (Å²) in [5.41, 5.74) is 3.32. The summed E-state index contributed by atoms with van der Waals surface area (Å²) in [4.78, 5) is 18.5. The summed E-state index contributed by atoms with van der Waals surface area (Å²) in [5.74, 6) is -1.86. The van der Waals surface area contributed by atoms with Gasteiger partial charge in [-0.15, -0.1) is 25.3 Å². The topological polar surface area (TPSA) is 262 Å². The lowest BCUT2D eigenvalue weighted by Crippen LogP contribution is -2.02. The third kappa shape index (κ3) is 9.28. The zero-order chi connectivity index (χ0) is 51.6. The van der Waals surface area contributed by atoms with Crippen molar-refractivity contribution in [3.8, 4) is 63.4 Å². The molecule has 10 aromatic rings. The number of fused-ring (bicyclic) bond motifs is 6. The molecule has 354 valence electrons. The number of hydrogen-bond acceptors (Lipinski definition) is 13. The van der Waals surface area contributed by atoms with E-state index in [1.807, 2.05) is 48.5 Å². The fourth-order valence-corrected chi connectivity index (χ4v) is 8.37. The molecule has 7 aromatic carbocycles. The summed E-state index contributed by atoms with van der Waals surface area (Å²) >= 11 is 0. The molecule has 0 atom stereocenters. The first-order chi connectivity index (χ1) is 34.4. The molecule has 0 amide bonds. The molecule has 0 unspecified atom stereocenters. The van der Waals surface area contributed by atoms with Gasteiger partial charge in [-0.3, -0.25) is 18.3 Å². The molecule has 0 aliphatic rings. The standard InChI is InChI=1S/C48H24F3N9O3S.2O3S/c1-54-39-21-16-29(24-38(39)51)48-57-40-43-41(55-46(58(43)32-8-4-2-5-9-32)27-12-14-30(25-52)36(49)22-27)45-42(44(40)59(48)33-10-6-3-7-11-33)56-47(28-13-15-31(26-53)37(50)23-28)60(45)34-17-19-35(20-18-34)64(61,62)63;2*1-4(2)3/h2-24H,(H,61,62,63);;. The predicted molar refractivity (Wildman–Crippen MR) is 251 cm³/mol. The molecule has 0 bridgehead atoms. The van der Waals surface area contributed by atoms with E-state index in [4.69, 9.17) is 46.8 Å². The molecule has 3 aromatic heterocycles. The average molecular weight is 1020 g/mol. The van der Waals surface area contributed by atoms with Gasteiger partial charge in [0.25, 0.3) is 10.1 Å². The Morgan fingerprint density at radius 2 is 0.847 bits per heavy atom. The van der Waals surface area contributed by atoms with Gasteiger partial charge in [0.1, 0.15) is 80.2 Å². The Morgan fingerprint density at radius 3 is 1.15 bits per heavy atom. The van der Waals surface area contributed by atoms with E-state index >= 15 is 13.2 Å². The van der Waals surface area contributed by atoms with E-state index in [0.717, 1.165) is 6.07 Å². The highest BCUT2D eigenvalue weighted by atomic mass is 32.2. The Bertz CT molecular complexity index is 4230. The van der Waals surface area contributed by atoms with Gasteiger partial charge in [-0.05, 0) is 91.0 Å². The van der Waals surface area contributed by atoms with Crippen molar-refractivity contribution in [3.63, 3.8) is 0 Å². The number of halogens is 3. The zero-order valence-electron chi connectivity index (χ0n) is 35.9. The third-order valence-corrected chi connectivity index (χ3v) is 11.6. The SMILES string of the molecule is O=S(=O)=O.O=S(=O)=O.[C-]#[N+]c1ccc(-c2nc3c4c(nc(-c5ccc(C#N)c(F)c5)n4-c4ccccc4)c4c(nc(-c5ccc(C#N)c(F)c5)n4-c4ccc(S(=O)(=O)O)cc4)c3n2-c2ccccc2)cc1F. The van der Waals surface area contributed by atoms with Crippen LogP contribution in [0.1, 0.15) is 11.1 Å². The monoisotopic (exact) mass is 1020 g/mol. The first-order valence-electron chi connectivity index (χ1n) is 20.1. The first-order valence-corrected chi connectivity index (χ1v) is 23.6. The summed E-state index contributed by atoms with van der Waals surface area (Å²) in [6.07, 6.45) is 0. The minimum Gasteiger partial charge on any atom is -0.290 e. The molecule has 0 saturated carbocycles. The first kappa shape index (κ1) is 48.8. The predicted octanol–water partition coefficient (Wildman–Crippen LogP) is 8.65. The quantitative estimate of drug-likeness (QED) is 0.116. The van der Waals surface area contributed by atoms with Gasteiger partial charge in [-0.1, -0.05) is 48.5 Å². The average Bonchev–Trinajstić information content (AvgIpc) is 4.07. The molecule has 0 aliphatic heterocycles.